The molecule has 5 rings (SSSR count). The number of nitrogens with zero attached hydrogens (tertiary/aromatic N) is 2. The van der Waals surface area contributed by atoms with Crippen LogP contribution in [-0.4, -0.2) is 68.8 Å². The number of hydrogen-bond donors (Lipinski definition) is 2. The zero-order valence-corrected chi connectivity index (χ0v) is 20.2. The van der Waals surface area contributed by atoms with E-state index in [9.17, 15) is 14.9 Å². The predicted molar refractivity (Wildman–Crippen MR) is 130 cm³/mol. The molecule has 2 N–H and O–H groups in total. The SMILES string of the molecule is CN1CCC2(C1)OC(=O)c1ccc(-c3ccc(C[C@@H](C#N)NC(=O)[C@@H]4CNCCCO4)c(F)c3)cc12. The molecule has 1 spiro atoms. The first-order valence-electron chi connectivity index (χ1n) is 12.3. The number of benzene rings is 2. The van der Waals surface area contributed by atoms with Gasteiger partial charge in [-0.1, -0.05) is 18.2 Å². The quantitative estimate of drug-likeness (QED) is 0.617. The van der Waals surface area contributed by atoms with Crippen LogP contribution in [0.15, 0.2) is 36.4 Å². The summed E-state index contributed by atoms with van der Waals surface area (Å²) < 4.78 is 26.4. The van der Waals surface area contributed by atoms with E-state index in [2.05, 4.69) is 15.5 Å². The molecule has 2 fully saturated rings. The second-order valence-corrected chi connectivity index (χ2v) is 9.75. The van der Waals surface area contributed by atoms with E-state index in [1.807, 2.05) is 19.2 Å². The van der Waals surface area contributed by atoms with Crippen LogP contribution >= 0.6 is 0 Å². The zero-order valence-electron chi connectivity index (χ0n) is 20.2. The van der Waals surface area contributed by atoms with Gasteiger partial charge in [-0.3, -0.25) is 4.79 Å². The summed E-state index contributed by atoms with van der Waals surface area (Å²) in [4.78, 5) is 27.1. The number of carbonyl (C=O) groups excluding carboxylic acids is 2. The zero-order chi connectivity index (χ0) is 25.3. The van der Waals surface area contributed by atoms with E-state index in [0.29, 0.717) is 36.4 Å². The standard InChI is InChI=1S/C27H29FN4O4/c1-32-9-7-27(16-32)22-12-17(5-6-21(22)26(34)36-27)18-3-4-19(23(28)13-18)11-20(14-29)31-25(33)24-15-30-8-2-10-35-24/h3-6,12-13,20,24,30H,2,7-11,15-16H2,1H3,(H,31,33)/t20-,24-,27?/m0/s1. The fourth-order valence-corrected chi connectivity index (χ4v) is 5.22. The lowest BCUT2D eigenvalue weighted by Crippen LogP contribution is -2.46. The van der Waals surface area contributed by atoms with Crippen molar-refractivity contribution >= 4 is 11.9 Å². The topological polar surface area (TPSA) is 104 Å². The van der Waals surface area contributed by atoms with Gasteiger partial charge in [0.25, 0.3) is 5.91 Å². The highest BCUT2D eigenvalue weighted by Crippen LogP contribution is 2.44. The van der Waals surface area contributed by atoms with Crippen LogP contribution < -0.4 is 10.6 Å². The maximum atomic E-state index is 15.1. The number of esters is 1. The Morgan fingerprint density at radius 1 is 1.33 bits per heavy atom. The van der Waals surface area contributed by atoms with E-state index in [1.54, 1.807) is 24.3 Å². The number of nitriles is 1. The molecule has 1 unspecified atom stereocenters. The van der Waals surface area contributed by atoms with Crippen LogP contribution in [-0.2, 0) is 26.3 Å². The Morgan fingerprint density at radius 2 is 2.14 bits per heavy atom. The molecule has 0 radical (unpaired) electrons. The second kappa shape index (κ2) is 9.97. The smallest absolute Gasteiger partial charge is 0.339 e. The minimum Gasteiger partial charge on any atom is -0.449 e. The summed E-state index contributed by atoms with van der Waals surface area (Å²) in [5, 5.41) is 15.4. The van der Waals surface area contributed by atoms with Gasteiger partial charge in [0, 0.05) is 44.6 Å². The van der Waals surface area contributed by atoms with Gasteiger partial charge >= 0.3 is 5.97 Å². The third-order valence-corrected chi connectivity index (χ3v) is 7.16. The Morgan fingerprint density at radius 3 is 2.89 bits per heavy atom. The summed E-state index contributed by atoms with van der Waals surface area (Å²) in [7, 11) is 2.00. The maximum absolute atomic E-state index is 15.1. The maximum Gasteiger partial charge on any atom is 0.339 e. The van der Waals surface area contributed by atoms with Crippen LogP contribution in [0.5, 0.6) is 0 Å². The van der Waals surface area contributed by atoms with Crippen molar-refractivity contribution in [3.05, 3.63) is 58.9 Å². The largest absolute Gasteiger partial charge is 0.449 e. The highest BCUT2D eigenvalue weighted by atomic mass is 19.1. The molecule has 0 saturated carbocycles. The number of likely N-dealkylation sites (tertiary alicyclic amines) is 1. The summed E-state index contributed by atoms with van der Waals surface area (Å²) in [6.07, 6.45) is 0.905. The van der Waals surface area contributed by atoms with Gasteiger partial charge in [0.15, 0.2) is 5.60 Å². The molecule has 2 aromatic rings. The number of likely N-dealkylation sites (N-methyl/N-ethyl adjacent to an activating group) is 1. The first kappa shape index (κ1) is 24.4. The molecule has 0 bridgehead atoms. The van der Waals surface area contributed by atoms with Gasteiger partial charge in [-0.25, -0.2) is 9.18 Å². The molecule has 0 aliphatic carbocycles. The lowest BCUT2D eigenvalue weighted by Gasteiger charge is -2.23. The second-order valence-electron chi connectivity index (χ2n) is 9.75. The molecule has 8 nitrogen and oxygen atoms in total. The normalized spacial score (nSPS) is 24.6. The van der Waals surface area contributed by atoms with Crippen LogP contribution in [0.25, 0.3) is 11.1 Å². The molecule has 36 heavy (non-hydrogen) atoms. The Kier molecular flexibility index (Phi) is 6.75. The van der Waals surface area contributed by atoms with Crippen molar-refractivity contribution in [2.24, 2.45) is 0 Å². The molecule has 2 saturated heterocycles. The minimum atomic E-state index is -0.882. The van der Waals surface area contributed by atoms with E-state index in [4.69, 9.17) is 9.47 Å². The Labute approximate surface area is 209 Å². The number of ether oxygens (including phenoxy) is 2. The number of halogens is 1. The monoisotopic (exact) mass is 492 g/mol. The number of nitrogens with one attached hydrogen (secondary N) is 2. The Hall–Kier alpha value is -3.32. The van der Waals surface area contributed by atoms with E-state index >= 15 is 4.39 Å². The first-order valence-corrected chi connectivity index (χ1v) is 12.3. The van der Waals surface area contributed by atoms with E-state index < -0.39 is 23.6 Å². The molecule has 3 heterocycles. The predicted octanol–water partition coefficient (Wildman–Crippen LogP) is 2.12. The molecule has 3 atom stereocenters. The van der Waals surface area contributed by atoms with E-state index in [1.165, 1.54) is 6.07 Å². The Balaban J connectivity index is 1.32. The summed E-state index contributed by atoms with van der Waals surface area (Å²) in [6.45, 7) is 3.09. The molecule has 2 aromatic carbocycles. The summed E-state index contributed by atoms with van der Waals surface area (Å²) in [5.41, 5.74) is 2.54. The number of rotatable bonds is 5. The van der Waals surface area contributed by atoms with Crippen molar-refractivity contribution in [2.75, 3.05) is 39.8 Å². The third kappa shape index (κ3) is 4.72. The van der Waals surface area contributed by atoms with Crippen LogP contribution in [0.4, 0.5) is 4.39 Å². The summed E-state index contributed by atoms with van der Waals surface area (Å²) >= 11 is 0. The lowest BCUT2D eigenvalue weighted by molar-refractivity contribution is -0.132. The van der Waals surface area contributed by atoms with Crippen LogP contribution in [0.3, 0.4) is 0 Å². The van der Waals surface area contributed by atoms with Crippen molar-refractivity contribution in [1.82, 2.24) is 15.5 Å². The van der Waals surface area contributed by atoms with Crippen LogP contribution in [0.1, 0.15) is 34.3 Å². The molecule has 9 heteroatoms. The molecular weight excluding hydrogens is 463 g/mol. The van der Waals surface area contributed by atoms with Gasteiger partial charge < -0.3 is 25.0 Å². The van der Waals surface area contributed by atoms with Gasteiger partial charge in [0.1, 0.15) is 18.0 Å². The van der Waals surface area contributed by atoms with Crippen LogP contribution in [0, 0.1) is 17.1 Å². The van der Waals surface area contributed by atoms with Crippen molar-refractivity contribution in [2.45, 2.75) is 37.0 Å². The molecule has 0 aromatic heterocycles. The summed E-state index contributed by atoms with van der Waals surface area (Å²) in [6, 6.07) is 11.5. The number of fused-ring (bicyclic) bond motifs is 2. The average Bonchev–Trinajstić information content (AvgIpc) is 3.22. The van der Waals surface area contributed by atoms with Crippen molar-refractivity contribution in [3.63, 3.8) is 0 Å². The highest BCUT2D eigenvalue weighted by molar-refractivity contribution is 5.95. The number of hydrogen-bond acceptors (Lipinski definition) is 7. The summed E-state index contributed by atoms with van der Waals surface area (Å²) in [5.74, 6) is -1.16. The fourth-order valence-electron chi connectivity index (χ4n) is 5.22. The van der Waals surface area contributed by atoms with Gasteiger partial charge in [0.05, 0.1) is 11.6 Å². The minimum absolute atomic E-state index is 0.0382. The molecular formula is C27H29FN4O4. The molecule has 3 aliphatic heterocycles. The van der Waals surface area contributed by atoms with Gasteiger partial charge in [0.2, 0.25) is 0 Å². The van der Waals surface area contributed by atoms with Gasteiger partial charge in [-0.05, 0) is 54.9 Å². The van der Waals surface area contributed by atoms with Gasteiger partial charge in [-0.2, -0.15) is 5.26 Å². The van der Waals surface area contributed by atoms with Crippen molar-refractivity contribution < 1.29 is 23.5 Å². The van der Waals surface area contributed by atoms with E-state index in [-0.39, 0.29) is 18.3 Å². The molecule has 1 amide bonds. The first-order chi connectivity index (χ1) is 17.4. The van der Waals surface area contributed by atoms with Crippen LogP contribution in [0.2, 0.25) is 0 Å². The highest BCUT2D eigenvalue weighted by Gasteiger charge is 2.49. The number of carbonyl (C=O) groups is 2. The van der Waals surface area contributed by atoms with Crippen molar-refractivity contribution in [1.29, 1.82) is 5.26 Å². The average molecular weight is 493 g/mol. The third-order valence-electron chi connectivity index (χ3n) is 7.16. The fraction of sp³-hybridized carbons (Fsp3) is 0.444. The number of amides is 1. The van der Waals surface area contributed by atoms with Gasteiger partial charge in [-0.15, -0.1) is 0 Å². The molecule has 188 valence electrons. The van der Waals surface area contributed by atoms with E-state index in [0.717, 1.165) is 37.1 Å². The van der Waals surface area contributed by atoms with Crippen molar-refractivity contribution in [3.8, 4) is 17.2 Å². The lowest BCUT2D eigenvalue weighted by atomic mass is 9.88. The molecule has 3 aliphatic rings. The Bertz CT molecular complexity index is 1220.